The molecule has 0 aromatic heterocycles. The van der Waals surface area contributed by atoms with Crippen LogP contribution in [0.5, 0.6) is 0 Å². The maximum Gasteiger partial charge on any atom is 0.244 e. The van der Waals surface area contributed by atoms with E-state index < -0.39 is 28.5 Å². The van der Waals surface area contributed by atoms with Crippen molar-refractivity contribution >= 4 is 43.5 Å². The summed E-state index contributed by atoms with van der Waals surface area (Å²) in [6.45, 7) is 3.47. The molecule has 2 aromatic rings. The van der Waals surface area contributed by atoms with Crippen molar-refractivity contribution < 1.29 is 18.0 Å². The largest absolute Gasteiger partial charge is 0.352 e. The zero-order chi connectivity index (χ0) is 25.6. The van der Waals surface area contributed by atoms with Gasteiger partial charge in [-0.15, -0.1) is 0 Å². The summed E-state index contributed by atoms with van der Waals surface area (Å²) in [4.78, 5) is 28.3. The van der Waals surface area contributed by atoms with Crippen LogP contribution in [0, 0.1) is 6.92 Å². The number of amides is 2. The fourth-order valence-electron chi connectivity index (χ4n) is 4.29. The van der Waals surface area contributed by atoms with Gasteiger partial charge in [-0.2, -0.15) is 0 Å². The first-order chi connectivity index (χ1) is 16.6. The van der Waals surface area contributed by atoms with Crippen LogP contribution in [0.25, 0.3) is 0 Å². The smallest absolute Gasteiger partial charge is 0.244 e. The Morgan fingerprint density at radius 2 is 1.69 bits per heavy atom. The molecule has 0 bridgehead atoms. The van der Waals surface area contributed by atoms with Crippen LogP contribution in [0.2, 0.25) is 0 Å². The van der Waals surface area contributed by atoms with Crippen molar-refractivity contribution in [1.29, 1.82) is 0 Å². The van der Waals surface area contributed by atoms with E-state index in [1.54, 1.807) is 31.2 Å². The Bertz CT molecular complexity index is 1130. The molecule has 2 aromatic carbocycles. The molecule has 0 radical (unpaired) electrons. The van der Waals surface area contributed by atoms with Gasteiger partial charge in [0.25, 0.3) is 0 Å². The summed E-state index contributed by atoms with van der Waals surface area (Å²) in [6, 6.07) is 14.0. The Labute approximate surface area is 217 Å². The molecule has 1 aliphatic rings. The summed E-state index contributed by atoms with van der Waals surface area (Å²) in [6.07, 6.45) is 6.29. The van der Waals surface area contributed by atoms with Crippen LogP contribution in [0.3, 0.4) is 0 Å². The van der Waals surface area contributed by atoms with Crippen molar-refractivity contribution in [2.45, 2.75) is 64.6 Å². The molecular formula is C26H34BrN3O4S. The number of nitrogens with zero attached hydrogens (tertiary/aromatic N) is 2. The van der Waals surface area contributed by atoms with E-state index in [9.17, 15) is 18.0 Å². The summed E-state index contributed by atoms with van der Waals surface area (Å²) < 4.78 is 27.0. The van der Waals surface area contributed by atoms with Crippen LogP contribution in [0.1, 0.15) is 50.2 Å². The minimum absolute atomic E-state index is 0.114. The standard InChI is InChI=1S/C26H34BrN3O4S/c1-19-13-15-21(16-14-19)17-29(20(2)26(32)28-22-9-5-4-6-10-22)25(31)18-30(35(3,33)34)24-12-8-7-11-23(24)27/h7-8,11-16,20,22H,4-6,9-10,17-18H2,1-3H3,(H,28,32)/t20-/m1/s1. The van der Waals surface area contributed by atoms with E-state index in [0.29, 0.717) is 10.2 Å². The highest BCUT2D eigenvalue weighted by atomic mass is 79.9. The number of anilines is 1. The third-order valence-corrected chi connectivity index (χ3v) is 8.19. The first-order valence-corrected chi connectivity index (χ1v) is 14.6. The lowest BCUT2D eigenvalue weighted by atomic mass is 9.95. The van der Waals surface area contributed by atoms with E-state index in [1.165, 1.54) is 11.3 Å². The number of carbonyl (C=O) groups is 2. The summed E-state index contributed by atoms with van der Waals surface area (Å²) in [5, 5.41) is 3.10. The minimum Gasteiger partial charge on any atom is -0.352 e. The molecule has 3 rings (SSSR count). The third-order valence-electron chi connectivity index (χ3n) is 6.39. The Hall–Kier alpha value is -2.39. The van der Waals surface area contributed by atoms with Gasteiger partial charge in [-0.25, -0.2) is 8.42 Å². The van der Waals surface area contributed by atoms with Crippen molar-refractivity contribution in [2.75, 3.05) is 17.1 Å². The number of hydrogen-bond acceptors (Lipinski definition) is 4. The molecule has 0 spiro atoms. The quantitative estimate of drug-likeness (QED) is 0.490. The van der Waals surface area contributed by atoms with Crippen molar-refractivity contribution in [3.05, 3.63) is 64.1 Å². The second-order valence-electron chi connectivity index (χ2n) is 9.25. The number of aryl methyl sites for hydroxylation is 1. The Morgan fingerprint density at radius 3 is 2.29 bits per heavy atom. The second kappa shape index (κ2) is 12.0. The fourth-order valence-corrected chi connectivity index (χ4v) is 5.77. The third kappa shape index (κ3) is 7.54. The van der Waals surface area contributed by atoms with Gasteiger partial charge in [0.15, 0.2) is 0 Å². The highest BCUT2D eigenvalue weighted by Gasteiger charge is 2.31. The summed E-state index contributed by atoms with van der Waals surface area (Å²) in [7, 11) is -3.76. The van der Waals surface area contributed by atoms with Crippen molar-refractivity contribution in [1.82, 2.24) is 10.2 Å². The van der Waals surface area contributed by atoms with E-state index in [1.807, 2.05) is 31.2 Å². The number of sulfonamides is 1. The maximum atomic E-state index is 13.6. The summed E-state index contributed by atoms with van der Waals surface area (Å²) >= 11 is 3.39. The van der Waals surface area contributed by atoms with Crippen molar-refractivity contribution in [3.63, 3.8) is 0 Å². The average Bonchev–Trinajstić information content (AvgIpc) is 2.82. The predicted molar refractivity (Wildman–Crippen MR) is 143 cm³/mol. The summed E-state index contributed by atoms with van der Waals surface area (Å²) in [5.74, 6) is -0.665. The van der Waals surface area contributed by atoms with Crippen LogP contribution in [-0.2, 0) is 26.2 Å². The number of para-hydroxylation sites is 1. The lowest BCUT2D eigenvalue weighted by Gasteiger charge is -2.33. The molecule has 0 heterocycles. The zero-order valence-electron chi connectivity index (χ0n) is 20.5. The van der Waals surface area contributed by atoms with Gasteiger partial charge in [0, 0.05) is 17.1 Å². The molecule has 0 saturated heterocycles. The zero-order valence-corrected chi connectivity index (χ0v) is 22.9. The molecule has 1 aliphatic carbocycles. The van der Waals surface area contributed by atoms with Gasteiger partial charge in [0.05, 0.1) is 11.9 Å². The van der Waals surface area contributed by atoms with E-state index in [-0.39, 0.29) is 18.5 Å². The monoisotopic (exact) mass is 563 g/mol. The van der Waals surface area contributed by atoms with E-state index in [2.05, 4.69) is 21.2 Å². The Balaban J connectivity index is 1.87. The number of carbonyl (C=O) groups excluding carboxylic acids is 2. The number of rotatable bonds is 9. The average molecular weight is 565 g/mol. The first kappa shape index (κ1) is 27.2. The fraction of sp³-hybridized carbons (Fsp3) is 0.462. The molecule has 1 fully saturated rings. The Kier molecular flexibility index (Phi) is 9.35. The SMILES string of the molecule is Cc1ccc(CN(C(=O)CN(c2ccccc2Br)S(C)(=O)=O)[C@H](C)C(=O)NC2CCCCC2)cc1. The highest BCUT2D eigenvalue weighted by Crippen LogP contribution is 2.28. The van der Waals surface area contributed by atoms with E-state index in [0.717, 1.165) is 47.4 Å². The van der Waals surface area contributed by atoms with Gasteiger partial charge in [0.1, 0.15) is 12.6 Å². The van der Waals surface area contributed by atoms with Crippen molar-refractivity contribution in [2.24, 2.45) is 0 Å². The van der Waals surface area contributed by atoms with Gasteiger partial charge >= 0.3 is 0 Å². The van der Waals surface area contributed by atoms with Crippen LogP contribution < -0.4 is 9.62 Å². The van der Waals surface area contributed by atoms with Crippen molar-refractivity contribution in [3.8, 4) is 0 Å². The number of nitrogens with one attached hydrogen (secondary N) is 1. The van der Waals surface area contributed by atoms with Crippen LogP contribution in [-0.4, -0.2) is 50.0 Å². The molecule has 0 unspecified atom stereocenters. The lowest BCUT2D eigenvalue weighted by Crippen LogP contribution is -2.53. The topological polar surface area (TPSA) is 86.8 Å². The van der Waals surface area contributed by atoms with E-state index >= 15 is 0 Å². The Morgan fingerprint density at radius 1 is 1.06 bits per heavy atom. The molecule has 7 nitrogen and oxygen atoms in total. The normalized spacial score (nSPS) is 15.3. The predicted octanol–water partition coefficient (Wildman–Crippen LogP) is 4.39. The molecule has 2 amide bonds. The molecule has 1 N–H and O–H groups in total. The minimum atomic E-state index is -3.76. The summed E-state index contributed by atoms with van der Waals surface area (Å²) in [5.41, 5.74) is 2.33. The first-order valence-electron chi connectivity index (χ1n) is 11.9. The van der Waals surface area contributed by atoms with Gasteiger partial charge < -0.3 is 10.2 Å². The molecule has 1 saturated carbocycles. The van der Waals surface area contributed by atoms with Crippen LogP contribution in [0.4, 0.5) is 5.69 Å². The molecule has 9 heteroatoms. The number of benzene rings is 2. The molecule has 190 valence electrons. The second-order valence-corrected chi connectivity index (χ2v) is 12.0. The lowest BCUT2D eigenvalue weighted by molar-refractivity contribution is -0.139. The molecular weight excluding hydrogens is 530 g/mol. The van der Waals surface area contributed by atoms with E-state index in [4.69, 9.17) is 0 Å². The maximum absolute atomic E-state index is 13.6. The number of hydrogen-bond donors (Lipinski definition) is 1. The van der Waals surface area contributed by atoms with Crippen LogP contribution in [0.15, 0.2) is 53.0 Å². The number of halogens is 1. The van der Waals surface area contributed by atoms with Gasteiger partial charge in [-0.1, -0.05) is 61.2 Å². The highest BCUT2D eigenvalue weighted by molar-refractivity contribution is 9.10. The molecule has 1 atom stereocenters. The molecule has 0 aliphatic heterocycles. The molecule has 35 heavy (non-hydrogen) atoms. The van der Waals surface area contributed by atoms with Crippen LogP contribution >= 0.6 is 15.9 Å². The van der Waals surface area contributed by atoms with Gasteiger partial charge in [-0.3, -0.25) is 13.9 Å². The van der Waals surface area contributed by atoms with Gasteiger partial charge in [0.2, 0.25) is 21.8 Å². The van der Waals surface area contributed by atoms with Gasteiger partial charge in [-0.05, 0) is 60.3 Å².